The summed E-state index contributed by atoms with van der Waals surface area (Å²) in [4.78, 5) is 10.7. The zero-order valence-corrected chi connectivity index (χ0v) is 10.9. The van der Waals surface area contributed by atoms with Gasteiger partial charge in [0.05, 0.1) is 6.54 Å². The molecule has 2 heterocycles. The summed E-state index contributed by atoms with van der Waals surface area (Å²) >= 11 is 0. The van der Waals surface area contributed by atoms with Crippen LogP contribution >= 0.6 is 0 Å². The predicted octanol–water partition coefficient (Wildman–Crippen LogP) is 1.11. The van der Waals surface area contributed by atoms with Gasteiger partial charge in [0.2, 0.25) is 5.89 Å². The fraction of sp³-hybridized carbons (Fsp3) is 0.750. The van der Waals surface area contributed by atoms with Crippen LogP contribution in [0.5, 0.6) is 0 Å². The molecule has 0 radical (unpaired) electrons. The molecule has 1 saturated heterocycles. The van der Waals surface area contributed by atoms with Crippen LogP contribution in [0.15, 0.2) is 9.52 Å². The second-order valence-electron chi connectivity index (χ2n) is 4.63. The van der Waals surface area contributed by atoms with Crippen molar-refractivity contribution in [2.45, 2.75) is 39.0 Å². The number of nitrogens with two attached hydrogens (primary N) is 1. The van der Waals surface area contributed by atoms with Gasteiger partial charge in [-0.15, -0.1) is 0 Å². The molecule has 0 aromatic carbocycles. The van der Waals surface area contributed by atoms with Gasteiger partial charge < -0.3 is 15.2 Å². The van der Waals surface area contributed by atoms with E-state index in [4.69, 9.17) is 10.3 Å². The highest BCUT2D eigenvalue weighted by molar-refractivity contribution is 5.78. The van der Waals surface area contributed by atoms with Crippen LogP contribution in [0.4, 0.5) is 0 Å². The third kappa shape index (κ3) is 3.72. The van der Waals surface area contributed by atoms with Gasteiger partial charge in [0.1, 0.15) is 0 Å². The molecule has 1 aliphatic rings. The molecule has 0 aliphatic carbocycles. The molecule has 1 fully saturated rings. The minimum absolute atomic E-state index is 0.601. The first-order valence-corrected chi connectivity index (χ1v) is 6.60. The Morgan fingerprint density at radius 2 is 2.06 bits per heavy atom. The van der Waals surface area contributed by atoms with E-state index in [2.05, 4.69) is 20.0 Å². The van der Waals surface area contributed by atoms with Crippen molar-refractivity contribution in [2.24, 2.45) is 10.7 Å². The van der Waals surface area contributed by atoms with Crippen LogP contribution in [0.2, 0.25) is 0 Å². The van der Waals surface area contributed by atoms with E-state index in [1.807, 2.05) is 6.92 Å². The van der Waals surface area contributed by atoms with Crippen molar-refractivity contribution in [3.8, 4) is 0 Å². The molecule has 0 atom stereocenters. The van der Waals surface area contributed by atoms with Crippen molar-refractivity contribution >= 4 is 5.96 Å². The molecule has 0 spiro atoms. The fourth-order valence-corrected chi connectivity index (χ4v) is 2.11. The minimum Gasteiger partial charge on any atom is -0.370 e. The summed E-state index contributed by atoms with van der Waals surface area (Å²) in [5.41, 5.74) is 6.00. The Kier molecular flexibility index (Phi) is 4.55. The second-order valence-corrected chi connectivity index (χ2v) is 4.63. The van der Waals surface area contributed by atoms with Gasteiger partial charge in [0.15, 0.2) is 11.8 Å². The maximum Gasteiger partial charge on any atom is 0.228 e. The molecule has 100 valence electrons. The normalized spacial score (nSPS) is 17.8. The Morgan fingerprint density at radius 3 is 2.67 bits per heavy atom. The van der Waals surface area contributed by atoms with Crippen LogP contribution in [-0.4, -0.2) is 40.6 Å². The summed E-state index contributed by atoms with van der Waals surface area (Å²) in [6.45, 7) is 4.45. The Balaban J connectivity index is 1.80. The van der Waals surface area contributed by atoms with E-state index < -0.39 is 0 Å². The van der Waals surface area contributed by atoms with E-state index in [9.17, 15) is 0 Å². The molecule has 1 aromatic heterocycles. The van der Waals surface area contributed by atoms with Crippen LogP contribution in [-0.2, 0) is 6.42 Å². The number of hydrogen-bond donors (Lipinski definition) is 1. The van der Waals surface area contributed by atoms with Gasteiger partial charge in [-0.25, -0.2) is 0 Å². The van der Waals surface area contributed by atoms with Crippen molar-refractivity contribution in [1.82, 2.24) is 15.0 Å². The van der Waals surface area contributed by atoms with Gasteiger partial charge >= 0.3 is 0 Å². The Morgan fingerprint density at radius 1 is 1.33 bits per heavy atom. The number of aliphatic imine (C=N–C) groups is 1. The van der Waals surface area contributed by atoms with Gasteiger partial charge in [0.25, 0.3) is 0 Å². The molecular weight excluding hydrogens is 230 g/mol. The SMILES string of the molecule is Cc1noc(CCN=C(N)N2CCCCCC2)n1. The standard InChI is InChI=1S/C12H21N5O/c1-10-15-11(18-16-10)6-7-14-12(13)17-8-4-2-3-5-9-17/h2-9H2,1H3,(H2,13,14). The molecule has 0 unspecified atom stereocenters. The molecule has 6 heteroatoms. The van der Waals surface area contributed by atoms with Crippen molar-refractivity contribution in [1.29, 1.82) is 0 Å². The van der Waals surface area contributed by atoms with Crippen molar-refractivity contribution in [3.63, 3.8) is 0 Å². The molecule has 1 aromatic rings. The minimum atomic E-state index is 0.601. The molecule has 1 aliphatic heterocycles. The third-order valence-corrected chi connectivity index (χ3v) is 3.10. The van der Waals surface area contributed by atoms with Crippen molar-refractivity contribution in [2.75, 3.05) is 19.6 Å². The van der Waals surface area contributed by atoms with E-state index >= 15 is 0 Å². The Hall–Kier alpha value is -1.59. The summed E-state index contributed by atoms with van der Waals surface area (Å²) in [6.07, 6.45) is 5.66. The third-order valence-electron chi connectivity index (χ3n) is 3.10. The molecule has 0 saturated carbocycles. The van der Waals surface area contributed by atoms with E-state index in [1.54, 1.807) is 0 Å². The summed E-state index contributed by atoms with van der Waals surface area (Å²) in [6, 6.07) is 0. The van der Waals surface area contributed by atoms with Crippen LogP contribution in [0.3, 0.4) is 0 Å². The van der Waals surface area contributed by atoms with E-state index in [-0.39, 0.29) is 0 Å². The van der Waals surface area contributed by atoms with Gasteiger partial charge in [-0.1, -0.05) is 18.0 Å². The number of rotatable bonds is 3. The number of guanidine groups is 1. The van der Waals surface area contributed by atoms with Gasteiger partial charge in [-0.2, -0.15) is 4.98 Å². The lowest BCUT2D eigenvalue weighted by atomic mass is 10.2. The van der Waals surface area contributed by atoms with Gasteiger partial charge in [0, 0.05) is 19.5 Å². The van der Waals surface area contributed by atoms with Crippen molar-refractivity contribution < 1.29 is 4.52 Å². The lowest BCUT2D eigenvalue weighted by molar-refractivity contribution is 0.375. The number of aryl methyl sites for hydroxylation is 1. The first-order chi connectivity index (χ1) is 8.75. The number of likely N-dealkylation sites (tertiary alicyclic amines) is 1. The Bertz CT molecular complexity index is 393. The smallest absolute Gasteiger partial charge is 0.228 e. The second kappa shape index (κ2) is 6.37. The highest BCUT2D eigenvalue weighted by Crippen LogP contribution is 2.09. The first-order valence-electron chi connectivity index (χ1n) is 6.60. The van der Waals surface area contributed by atoms with Crippen LogP contribution in [0.1, 0.15) is 37.4 Å². The molecular formula is C12H21N5O. The summed E-state index contributed by atoms with van der Waals surface area (Å²) < 4.78 is 5.03. The summed E-state index contributed by atoms with van der Waals surface area (Å²) in [5, 5.41) is 3.74. The molecule has 18 heavy (non-hydrogen) atoms. The Labute approximate surface area is 107 Å². The predicted molar refractivity (Wildman–Crippen MR) is 69.3 cm³/mol. The van der Waals surface area contributed by atoms with Gasteiger partial charge in [-0.05, 0) is 19.8 Å². The zero-order valence-electron chi connectivity index (χ0n) is 10.9. The van der Waals surface area contributed by atoms with Crippen LogP contribution < -0.4 is 5.73 Å². The maximum atomic E-state index is 6.00. The van der Waals surface area contributed by atoms with E-state index in [1.165, 1.54) is 25.7 Å². The zero-order chi connectivity index (χ0) is 12.8. The first kappa shape index (κ1) is 12.9. The molecule has 2 rings (SSSR count). The number of nitrogens with zero attached hydrogens (tertiary/aromatic N) is 4. The average Bonchev–Trinajstić information content (AvgIpc) is 2.63. The van der Waals surface area contributed by atoms with Crippen LogP contribution in [0.25, 0.3) is 0 Å². The summed E-state index contributed by atoms with van der Waals surface area (Å²) in [7, 11) is 0. The fourth-order valence-electron chi connectivity index (χ4n) is 2.11. The molecule has 0 amide bonds. The van der Waals surface area contributed by atoms with E-state index in [0.29, 0.717) is 30.6 Å². The number of hydrogen-bond acceptors (Lipinski definition) is 4. The lowest BCUT2D eigenvalue weighted by Gasteiger charge is -2.20. The van der Waals surface area contributed by atoms with Crippen molar-refractivity contribution in [3.05, 3.63) is 11.7 Å². The largest absolute Gasteiger partial charge is 0.370 e. The molecule has 0 bridgehead atoms. The van der Waals surface area contributed by atoms with E-state index in [0.717, 1.165) is 13.1 Å². The van der Waals surface area contributed by atoms with Crippen LogP contribution in [0, 0.1) is 6.92 Å². The lowest BCUT2D eigenvalue weighted by Crippen LogP contribution is -2.38. The van der Waals surface area contributed by atoms with Gasteiger partial charge in [-0.3, -0.25) is 4.99 Å². The maximum absolute atomic E-state index is 6.00. The molecule has 2 N–H and O–H groups in total. The monoisotopic (exact) mass is 251 g/mol. The quantitative estimate of drug-likeness (QED) is 0.643. The number of aromatic nitrogens is 2. The highest BCUT2D eigenvalue weighted by Gasteiger charge is 2.10. The molecule has 6 nitrogen and oxygen atoms in total. The highest BCUT2D eigenvalue weighted by atomic mass is 16.5. The average molecular weight is 251 g/mol. The topological polar surface area (TPSA) is 80.5 Å². The summed E-state index contributed by atoms with van der Waals surface area (Å²) in [5.74, 6) is 1.93.